The third kappa shape index (κ3) is 4.13. The first-order chi connectivity index (χ1) is 12.7. The first-order valence-corrected chi connectivity index (χ1v) is 9.98. The van der Waals surface area contributed by atoms with Gasteiger partial charge >= 0.3 is 12.1 Å². The number of alkyl halides is 3. The molecule has 0 fully saturated rings. The quantitative estimate of drug-likeness (QED) is 0.709. The Kier molecular flexibility index (Phi) is 5.79. The van der Waals surface area contributed by atoms with Crippen molar-refractivity contribution < 1.29 is 36.3 Å². The predicted octanol–water partition coefficient (Wildman–Crippen LogP) is 3.70. The van der Waals surface area contributed by atoms with Crippen LogP contribution in [-0.4, -0.2) is 35.1 Å². The van der Waals surface area contributed by atoms with Crippen LogP contribution in [0, 0.1) is 0 Å². The number of amides is 1. The third-order valence-electron chi connectivity index (χ3n) is 3.65. The van der Waals surface area contributed by atoms with Crippen LogP contribution < -0.4 is 5.32 Å². The van der Waals surface area contributed by atoms with Gasteiger partial charge in [0.15, 0.2) is 20.7 Å². The summed E-state index contributed by atoms with van der Waals surface area (Å²) in [5, 5.41) is 10.4. The number of aromatic nitrogens is 1. The Balaban J connectivity index is 2.38. The summed E-state index contributed by atoms with van der Waals surface area (Å²) in [7, 11) is -4.26. The standard InChI is InChI=1S/C15H12ClF3N2O5S2/c1-14(2,28(25,26)8-5-3-7(16)4-6-8)12(24)21-13-20-10(15(17,18)19)9(27-13)11(22)23/h3-6H,1-2H3,(H,22,23)(H,20,21,24). The lowest BCUT2D eigenvalue weighted by atomic mass is 10.2. The van der Waals surface area contributed by atoms with E-state index in [4.69, 9.17) is 16.7 Å². The summed E-state index contributed by atoms with van der Waals surface area (Å²) in [4.78, 5) is 25.2. The highest BCUT2D eigenvalue weighted by molar-refractivity contribution is 7.93. The van der Waals surface area contributed by atoms with Crippen LogP contribution in [0.4, 0.5) is 18.3 Å². The number of halogens is 4. The van der Waals surface area contributed by atoms with Crippen molar-refractivity contribution in [3.8, 4) is 0 Å². The molecule has 0 saturated heterocycles. The van der Waals surface area contributed by atoms with E-state index in [1.165, 1.54) is 24.3 Å². The van der Waals surface area contributed by atoms with Crippen molar-refractivity contribution in [2.24, 2.45) is 0 Å². The Hall–Kier alpha value is -2.18. The number of rotatable bonds is 5. The Bertz CT molecular complexity index is 1030. The molecule has 0 radical (unpaired) electrons. The van der Waals surface area contributed by atoms with Crippen LogP contribution in [0.25, 0.3) is 0 Å². The highest BCUT2D eigenvalue weighted by atomic mass is 35.5. The van der Waals surface area contributed by atoms with Crippen molar-refractivity contribution in [1.82, 2.24) is 4.98 Å². The minimum Gasteiger partial charge on any atom is -0.477 e. The number of carbonyl (C=O) groups is 2. The second-order valence-corrected chi connectivity index (χ2v) is 9.86. The molecule has 0 atom stereocenters. The number of nitrogens with zero attached hydrogens (tertiary/aromatic N) is 1. The third-order valence-corrected chi connectivity index (χ3v) is 7.29. The number of anilines is 1. The topological polar surface area (TPSA) is 113 Å². The molecule has 0 aliphatic rings. The number of thiazole rings is 1. The second kappa shape index (κ2) is 7.33. The minimum absolute atomic E-state index is 0.0724. The SMILES string of the molecule is CC(C)(C(=O)Nc1nc(C(F)(F)F)c(C(=O)O)s1)S(=O)(=O)c1ccc(Cl)cc1. The summed E-state index contributed by atoms with van der Waals surface area (Å²) in [6, 6.07) is 4.97. The number of aromatic carboxylic acids is 1. The largest absolute Gasteiger partial charge is 0.477 e. The van der Waals surface area contributed by atoms with Crippen LogP contribution in [0.3, 0.4) is 0 Å². The molecule has 2 aromatic rings. The lowest BCUT2D eigenvalue weighted by molar-refractivity contribution is -0.141. The van der Waals surface area contributed by atoms with Gasteiger partial charge in [-0.15, -0.1) is 0 Å². The van der Waals surface area contributed by atoms with Crippen molar-refractivity contribution in [3.63, 3.8) is 0 Å². The Morgan fingerprint density at radius 1 is 1.18 bits per heavy atom. The van der Waals surface area contributed by atoms with E-state index < -0.39 is 48.3 Å². The second-order valence-electron chi connectivity index (χ2n) is 5.92. The summed E-state index contributed by atoms with van der Waals surface area (Å²) in [5.74, 6) is -3.06. The molecule has 0 aliphatic heterocycles. The fraction of sp³-hybridized carbons (Fsp3) is 0.267. The summed E-state index contributed by atoms with van der Waals surface area (Å²) < 4.78 is 62.1. The van der Waals surface area contributed by atoms with Crippen LogP contribution in [0.5, 0.6) is 0 Å². The molecule has 1 aromatic heterocycles. The van der Waals surface area contributed by atoms with E-state index >= 15 is 0 Å². The Morgan fingerprint density at radius 2 is 1.71 bits per heavy atom. The molecular weight excluding hydrogens is 445 g/mol. The minimum atomic E-state index is -5.06. The normalized spacial score (nSPS) is 12.6. The summed E-state index contributed by atoms with van der Waals surface area (Å²) in [6.07, 6.45) is -5.06. The van der Waals surface area contributed by atoms with Gasteiger partial charge in [0.25, 0.3) is 0 Å². The van der Waals surface area contributed by atoms with Crippen molar-refractivity contribution in [2.75, 3.05) is 5.32 Å². The summed E-state index contributed by atoms with van der Waals surface area (Å²) in [5.41, 5.74) is -1.68. The molecular formula is C15H12ClF3N2O5S2. The van der Waals surface area contributed by atoms with Gasteiger partial charge in [-0.3, -0.25) is 4.79 Å². The maximum Gasteiger partial charge on any atom is 0.435 e. The Morgan fingerprint density at radius 3 is 2.14 bits per heavy atom. The van der Waals surface area contributed by atoms with Crippen LogP contribution >= 0.6 is 22.9 Å². The average molecular weight is 457 g/mol. The molecule has 2 N–H and O–H groups in total. The molecule has 152 valence electrons. The molecule has 1 amide bonds. The van der Waals surface area contributed by atoms with E-state index in [1.807, 2.05) is 5.32 Å². The van der Waals surface area contributed by atoms with E-state index in [1.54, 1.807) is 0 Å². The van der Waals surface area contributed by atoms with Gasteiger partial charge in [0.2, 0.25) is 5.91 Å². The number of carboxylic acids is 1. The molecule has 0 spiro atoms. The van der Waals surface area contributed by atoms with Gasteiger partial charge in [-0.25, -0.2) is 18.2 Å². The monoisotopic (exact) mass is 456 g/mol. The van der Waals surface area contributed by atoms with Crippen LogP contribution in [0.15, 0.2) is 29.2 Å². The summed E-state index contributed by atoms with van der Waals surface area (Å²) >= 11 is 5.78. The first-order valence-electron chi connectivity index (χ1n) is 7.31. The maximum atomic E-state index is 12.9. The molecule has 7 nitrogen and oxygen atoms in total. The molecule has 2 rings (SSSR count). The number of hydrogen-bond donors (Lipinski definition) is 2. The van der Waals surface area contributed by atoms with E-state index in [0.29, 0.717) is 0 Å². The van der Waals surface area contributed by atoms with Crippen LogP contribution in [0.2, 0.25) is 5.02 Å². The van der Waals surface area contributed by atoms with Crippen molar-refractivity contribution >= 4 is 49.8 Å². The van der Waals surface area contributed by atoms with Crippen LogP contribution in [-0.2, 0) is 20.8 Å². The number of benzene rings is 1. The zero-order valence-corrected chi connectivity index (χ0v) is 16.6. The van der Waals surface area contributed by atoms with Gasteiger partial charge in [-0.05, 0) is 38.1 Å². The molecule has 1 heterocycles. The van der Waals surface area contributed by atoms with E-state index in [-0.39, 0.29) is 21.3 Å². The number of carboxylic acid groups (broad SMARTS) is 1. The molecule has 13 heteroatoms. The van der Waals surface area contributed by atoms with E-state index in [9.17, 15) is 31.2 Å². The summed E-state index contributed by atoms with van der Waals surface area (Å²) in [6.45, 7) is 2.12. The van der Waals surface area contributed by atoms with E-state index in [2.05, 4.69) is 4.98 Å². The average Bonchev–Trinajstić information content (AvgIpc) is 2.99. The first kappa shape index (κ1) is 22.1. The Labute approximate surface area is 166 Å². The lowest BCUT2D eigenvalue weighted by Crippen LogP contribution is -2.44. The van der Waals surface area contributed by atoms with Crippen molar-refractivity contribution in [1.29, 1.82) is 0 Å². The molecule has 28 heavy (non-hydrogen) atoms. The van der Waals surface area contributed by atoms with Gasteiger partial charge in [-0.2, -0.15) is 13.2 Å². The van der Waals surface area contributed by atoms with Gasteiger partial charge in [-0.1, -0.05) is 22.9 Å². The molecule has 0 bridgehead atoms. The van der Waals surface area contributed by atoms with Crippen molar-refractivity contribution in [3.05, 3.63) is 39.9 Å². The highest BCUT2D eigenvalue weighted by Crippen LogP contribution is 2.37. The molecule has 1 aromatic carbocycles. The predicted molar refractivity (Wildman–Crippen MR) is 95.4 cm³/mol. The van der Waals surface area contributed by atoms with Crippen molar-refractivity contribution in [2.45, 2.75) is 29.7 Å². The zero-order valence-electron chi connectivity index (χ0n) is 14.2. The van der Waals surface area contributed by atoms with Gasteiger partial charge in [0, 0.05) is 5.02 Å². The van der Waals surface area contributed by atoms with Gasteiger partial charge < -0.3 is 10.4 Å². The van der Waals surface area contributed by atoms with Gasteiger partial charge in [0.05, 0.1) is 4.90 Å². The number of hydrogen-bond acceptors (Lipinski definition) is 6. The van der Waals surface area contributed by atoms with E-state index in [0.717, 1.165) is 13.8 Å². The molecule has 0 saturated carbocycles. The number of sulfone groups is 1. The maximum absolute atomic E-state index is 12.9. The highest BCUT2D eigenvalue weighted by Gasteiger charge is 2.44. The smallest absolute Gasteiger partial charge is 0.435 e. The fourth-order valence-corrected chi connectivity index (χ4v) is 4.31. The zero-order chi connectivity index (χ0) is 21.5. The van der Waals surface area contributed by atoms with Crippen LogP contribution in [0.1, 0.15) is 29.2 Å². The molecule has 0 unspecified atom stereocenters. The van der Waals surface area contributed by atoms with Gasteiger partial charge in [0.1, 0.15) is 9.62 Å². The number of carbonyl (C=O) groups excluding carboxylic acids is 1. The number of nitrogens with one attached hydrogen (secondary N) is 1. The molecule has 0 aliphatic carbocycles. The fourth-order valence-electron chi connectivity index (χ4n) is 1.99. The lowest BCUT2D eigenvalue weighted by Gasteiger charge is -2.23.